The Morgan fingerprint density at radius 1 is 1.50 bits per heavy atom. The highest BCUT2D eigenvalue weighted by atomic mass is 32.1. The molecule has 5 heteroatoms. The van der Waals surface area contributed by atoms with Crippen LogP contribution in [0, 0.1) is 5.92 Å². The molecule has 0 spiro atoms. The number of carbonyl (C=O) groups excluding carboxylic acids is 1. The van der Waals surface area contributed by atoms with Gasteiger partial charge >= 0.3 is 5.97 Å². The van der Waals surface area contributed by atoms with Crippen molar-refractivity contribution in [3.63, 3.8) is 0 Å². The van der Waals surface area contributed by atoms with Gasteiger partial charge in [-0.3, -0.25) is 0 Å². The quantitative estimate of drug-likeness (QED) is 0.770. The van der Waals surface area contributed by atoms with Crippen molar-refractivity contribution in [2.45, 2.75) is 46.6 Å². The molecule has 0 aromatic carbocycles. The minimum atomic E-state index is -0.350. The van der Waals surface area contributed by atoms with Gasteiger partial charge in [0.1, 0.15) is 5.00 Å². The van der Waals surface area contributed by atoms with Crippen LogP contribution in [0.4, 0.5) is 5.00 Å². The summed E-state index contributed by atoms with van der Waals surface area (Å²) in [5, 5.41) is 4.16. The summed E-state index contributed by atoms with van der Waals surface area (Å²) in [4.78, 5) is 15.7. The lowest BCUT2D eigenvalue weighted by Crippen LogP contribution is -2.19. The molecule has 1 N–H and O–H groups in total. The summed E-state index contributed by atoms with van der Waals surface area (Å²) < 4.78 is 4.98. The van der Waals surface area contributed by atoms with Crippen molar-refractivity contribution in [2.75, 3.05) is 11.9 Å². The van der Waals surface area contributed by atoms with Crippen molar-refractivity contribution in [3.8, 4) is 0 Å². The number of nitrogens with zero attached hydrogens (tertiary/aromatic N) is 1. The molecule has 18 heavy (non-hydrogen) atoms. The molecule has 1 rings (SSSR count). The summed E-state index contributed by atoms with van der Waals surface area (Å²) in [6.45, 7) is 8.72. The summed E-state index contributed by atoms with van der Waals surface area (Å²) in [5.41, 5.74) is 2.07. The first-order valence-electron chi connectivity index (χ1n) is 6.45. The minimum absolute atomic E-state index is 0.327. The number of hydrogen-bond donors (Lipinski definition) is 1. The van der Waals surface area contributed by atoms with Gasteiger partial charge < -0.3 is 10.1 Å². The zero-order valence-corrected chi connectivity index (χ0v) is 12.3. The largest absolute Gasteiger partial charge is 0.461 e. The van der Waals surface area contributed by atoms with Gasteiger partial charge in [-0.15, -0.1) is 11.3 Å². The van der Waals surface area contributed by atoms with E-state index in [1.54, 1.807) is 12.4 Å². The van der Waals surface area contributed by atoms with E-state index in [1.165, 1.54) is 17.8 Å². The summed E-state index contributed by atoms with van der Waals surface area (Å²) in [6.07, 6.45) is 2.25. The third-order valence-electron chi connectivity index (χ3n) is 2.87. The molecular formula is C13H22N2O2S. The van der Waals surface area contributed by atoms with Crippen molar-refractivity contribution in [1.82, 2.24) is 4.98 Å². The topological polar surface area (TPSA) is 51.2 Å². The van der Waals surface area contributed by atoms with Crippen molar-refractivity contribution in [3.05, 3.63) is 11.2 Å². The Hall–Kier alpha value is -1.10. The highest BCUT2D eigenvalue weighted by Crippen LogP contribution is 2.23. The Morgan fingerprint density at radius 2 is 2.22 bits per heavy atom. The second-order valence-electron chi connectivity index (χ2n) is 4.55. The smallest absolute Gasteiger partial charge is 0.360 e. The van der Waals surface area contributed by atoms with Crippen LogP contribution in [0.3, 0.4) is 0 Å². The van der Waals surface area contributed by atoms with E-state index in [-0.39, 0.29) is 5.97 Å². The predicted molar refractivity (Wildman–Crippen MR) is 75.2 cm³/mol. The van der Waals surface area contributed by atoms with E-state index in [0.29, 0.717) is 24.3 Å². The van der Waals surface area contributed by atoms with Gasteiger partial charge in [-0.05, 0) is 26.2 Å². The fraction of sp³-hybridized carbons (Fsp3) is 0.692. The zero-order valence-electron chi connectivity index (χ0n) is 11.5. The first kappa shape index (κ1) is 15.0. The van der Waals surface area contributed by atoms with Crippen LogP contribution in [-0.2, 0) is 4.74 Å². The highest BCUT2D eigenvalue weighted by Gasteiger charge is 2.18. The van der Waals surface area contributed by atoms with E-state index in [4.69, 9.17) is 4.74 Å². The third kappa shape index (κ3) is 4.29. The molecule has 1 heterocycles. The first-order chi connectivity index (χ1) is 8.58. The zero-order chi connectivity index (χ0) is 13.5. The van der Waals surface area contributed by atoms with Crippen LogP contribution in [0.25, 0.3) is 0 Å². The molecule has 4 nitrogen and oxygen atoms in total. The molecule has 0 aliphatic heterocycles. The second kappa shape index (κ2) is 7.36. The second-order valence-corrected chi connectivity index (χ2v) is 5.40. The average Bonchev–Trinajstić information content (AvgIpc) is 2.77. The maximum atomic E-state index is 11.7. The number of aromatic nitrogens is 1. The monoisotopic (exact) mass is 270 g/mol. The van der Waals surface area contributed by atoms with Gasteiger partial charge in [-0.2, -0.15) is 0 Å². The predicted octanol–water partition coefficient (Wildman–Crippen LogP) is 3.56. The van der Waals surface area contributed by atoms with E-state index in [9.17, 15) is 4.79 Å². The van der Waals surface area contributed by atoms with Crippen LogP contribution >= 0.6 is 11.3 Å². The molecule has 102 valence electrons. The fourth-order valence-electron chi connectivity index (χ4n) is 1.75. The number of ether oxygens (including phenoxy) is 1. The van der Waals surface area contributed by atoms with Gasteiger partial charge in [0.15, 0.2) is 5.69 Å². The van der Waals surface area contributed by atoms with E-state index in [1.807, 2.05) is 0 Å². The number of thiazole rings is 1. The molecule has 0 fully saturated rings. The van der Waals surface area contributed by atoms with E-state index in [2.05, 4.69) is 31.1 Å². The summed E-state index contributed by atoms with van der Waals surface area (Å²) >= 11 is 1.44. The molecule has 0 saturated heterocycles. The molecule has 0 radical (unpaired) electrons. The molecule has 2 atom stereocenters. The highest BCUT2D eigenvalue weighted by molar-refractivity contribution is 7.14. The molecule has 0 aliphatic rings. The molecule has 0 bridgehead atoms. The average molecular weight is 270 g/mol. The maximum Gasteiger partial charge on any atom is 0.360 e. The number of rotatable bonds is 7. The van der Waals surface area contributed by atoms with E-state index >= 15 is 0 Å². The number of hydrogen-bond acceptors (Lipinski definition) is 5. The Kier molecular flexibility index (Phi) is 6.12. The molecular weight excluding hydrogens is 248 g/mol. The Labute approximate surface area is 113 Å². The summed E-state index contributed by atoms with van der Waals surface area (Å²) in [7, 11) is 0. The van der Waals surface area contributed by atoms with E-state index < -0.39 is 0 Å². The van der Waals surface area contributed by atoms with E-state index in [0.717, 1.165) is 11.4 Å². The first-order valence-corrected chi connectivity index (χ1v) is 7.33. The Bertz CT molecular complexity index is 379. The van der Waals surface area contributed by atoms with Crippen LogP contribution in [0.1, 0.15) is 51.0 Å². The number of carbonyl (C=O) groups is 1. The summed E-state index contributed by atoms with van der Waals surface area (Å²) in [6, 6.07) is 0.327. The van der Waals surface area contributed by atoms with Crippen LogP contribution in [0.2, 0.25) is 0 Å². The Balaban J connectivity index is 2.62. The SMILES string of the molecule is CCOC(=O)c1ncsc1NC(C)CC(C)CC. The number of anilines is 1. The van der Waals surface area contributed by atoms with Gasteiger partial charge in [-0.25, -0.2) is 9.78 Å². The van der Waals surface area contributed by atoms with Crippen molar-refractivity contribution in [2.24, 2.45) is 5.92 Å². The lowest BCUT2D eigenvalue weighted by atomic mass is 10.0. The molecule has 0 amide bonds. The molecule has 1 aromatic heterocycles. The van der Waals surface area contributed by atoms with Gasteiger partial charge in [0.2, 0.25) is 0 Å². The normalized spacial score (nSPS) is 14.0. The Morgan fingerprint density at radius 3 is 2.83 bits per heavy atom. The fourth-order valence-corrected chi connectivity index (χ4v) is 2.53. The van der Waals surface area contributed by atoms with Gasteiger partial charge in [0.25, 0.3) is 0 Å². The number of nitrogens with one attached hydrogen (secondary N) is 1. The minimum Gasteiger partial charge on any atom is -0.461 e. The summed E-state index contributed by atoms with van der Waals surface area (Å²) in [5.74, 6) is 0.323. The van der Waals surface area contributed by atoms with Gasteiger partial charge in [-0.1, -0.05) is 20.3 Å². The van der Waals surface area contributed by atoms with Gasteiger partial charge in [0.05, 0.1) is 12.1 Å². The lowest BCUT2D eigenvalue weighted by molar-refractivity contribution is 0.0521. The standard InChI is InChI=1S/C13H22N2O2S/c1-5-9(3)7-10(4)15-12-11(14-8-18-12)13(16)17-6-2/h8-10,15H,5-7H2,1-4H3. The van der Waals surface area contributed by atoms with Crippen molar-refractivity contribution >= 4 is 22.3 Å². The molecule has 0 aliphatic carbocycles. The van der Waals surface area contributed by atoms with Crippen molar-refractivity contribution < 1.29 is 9.53 Å². The maximum absolute atomic E-state index is 11.7. The third-order valence-corrected chi connectivity index (χ3v) is 3.62. The molecule has 2 unspecified atom stereocenters. The lowest BCUT2D eigenvalue weighted by Gasteiger charge is -2.17. The van der Waals surface area contributed by atoms with Crippen LogP contribution < -0.4 is 5.32 Å². The van der Waals surface area contributed by atoms with Crippen LogP contribution in [0.15, 0.2) is 5.51 Å². The van der Waals surface area contributed by atoms with Gasteiger partial charge in [0, 0.05) is 6.04 Å². The van der Waals surface area contributed by atoms with Crippen molar-refractivity contribution in [1.29, 1.82) is 0 Å². The van der Waals surface area contributed by atoms with Crippen LogP contribution in [0.5, 0.6) is 0 Å². The van der Waals surface area contributed by atoms with Crippen LogP contribution in [-0.4, -0.2) is 23.6 Å². The molecule has 0 saturated carbocycles. The number of esters is 1. The molecule has 1 aromatic rings.